The van der Waals surface area contributed by atoms with Gasteiger partial charge >= 0.3 is 0 Å². The molecule has 25 heavy (non-hydrogen) atoms. The van der Waals surface area contributed by atoms with E-state index in [1.54, 1.807) is 0 Å². The SMILES string of the molecule is CCC(N1c2ccccc2Sc2ccc(I)cc21)[N+](C)(C)C.N=[C-]N. The van der Waals surface area contributed by atoms with Gasteiger partial charge in [0.1, 0.15) is 0 Å². The normalized spacial score (nSPS) is 13.9. The Morgan fingerprint density at radius 2 is 1.76 bits per heavy atom. The Morgan fingerprint density at radius 1 is 1.16 bits per heavy atom. The van der Waals surface area contributed by atoms with Gasteiger partial charge < -0.3 is 22.0 Å². The smallest absolute Gasteiger partial charge is 0.168 e. The minimum absolute atomic E-state index is 0.416. The lowest BCUT2D eigenvalue weighted by atomic mass is 10.1. The summed E-state index contributed by atoms with van der Waals surface area (Å²) < 4.78 is 2.21. The number of para-hydroxylation sites is 1. The molecule has 1 atom stereocenters. The van der Waals surface area contributed by atoms with Crippen molar-refractivity contribution in [2.24, 2.45) is 5.73 Å². The van der Waals surface area contributed by atoms with E-state index in [2.05, 4.69) is 104 Å². The molecule has 0 spiro atoms. The number of nitrogens with zero attached hydrogens (tertiary/aromatic N) is 2. The highest BCUT2D eigenvalue weighted by Gasteiger charge is 2.35. The number of nitrogens with two attached hydrogens (primary N) is 1. The van der Waals surface area contributed by atoms with E-state index in [0.29, 0.717) is 6.17 Å². The summed E-state index contributed by atoms with van der Waals surface area (Å²) in [7, 11) is 6.85. The Labute approximate surface area is 168 Å². The highest BCUT2D eigenvalue weighted by Crippen LogP contribution is 2.50. The Hall–Kier alpha value is -1.25. The molecule has 4 nitrogen and oxygen atoms in total. The number of rotatable bonds is 3. The summed E-state index contributed by atoms with van der Waals surface area (Å²) in [4.78, 5) is 5.25. The van der Waals surface area contributed by atoms with Gasteiger partial charge in [-0.25, -0.2) is 0 Å². The van der Waals surface area contributed by atoms with Gasteiger partial charge in [0, 0.05) is 19.8 Å². The van der Waals surface area contributed by atoms with E-state index in [1.807, 2.05) is 11.8 Å². The molecule has 1 aliphatic heterocycles. The van der Waals surface area contributed by atoms with Crippen molar-refractivity contribution in [2.75, 3.05) is 26.0 Å². The molecule has 1 heterocycles. The minimum Gasteiger partial charge on any atom is -0.563 e. The first-order valence-electron chi connectivity index (χ1n) is 8.12. The highest BCUT2D eigenvalue weighted by atomic mass is 127. The van der Waals surface area contributed by atoms with E-state index in [0.717, 1.165) is 10.9 Å². The Bertz CT molecular complexity index is 742. The Morgan fingerprint density at radius 3 is 2.36 bits per heavy atom. The molecule has 2 aromatic rings. The molecule has 0 saturated carbocycles. The van der Waals surface area contributed by atoms with Crippen molar-refractivity contribution in [3.8, 4) is 0 Å². The molecular weight excluding hydrogens is 443 g/mol. The van der Waals surface area contributed by atoms with E-state index < -0.39 is 0 Å². The molecule has 3 N–H and O–H groups in total. The van der Waals surface area contributed by atoms with Gasteiger partial charge in [0.2, 0.25) is 0 Å². The molecule has 6 heteroatoms. The standard InChI is InChI=1S/C18H22IN2S.CH3N2/c1-5-18(21(2,3)4)20-14-8-6-7-9-16(14)22-17-11-10-13(19)12-15(17)20;2-1-3/h6-12,18H,5H2,1-4H3;(H3,2,3)/q+1;-1. The van der Waals surface area contributed by atoms with Crippen molar-refractivity contribution >= 4 is 52.1 Å². The van der Waals surface area contributed by atoms with Gasteiger partial charge in [-0.05, 0) is 52.9 Å². The third-order valence-corrected chi connectivity index (χ3v) is 5.88. The highest BCUT2D eigenvalue weighted by molar-refractivity contribution is 14.1. The van der Waals surface area contributed by atoms with Crippen LogP contribution in [0, 0.1) is 8.98 Å². The number of hydrogen-bond acceptors (Lipinski definition) is 3. The van der Waals surface area contributed by atoms with Gasteiger partial charge in [0.15, 0.2) is 6.17 Å². The average molecular weight is 468 g/mol. The Kier molecular flexibility index (Phi) is 6.76. The molecule has 1 aliphatic rings. The summed E-state index contributed by atoms with van der Waals surface area (Å²) in [6, 6.07) is 15.5. The van der Waals surface area contributed by atoms with Crippen LogP contribution in [0.15, 0.2) is 52.3 Å². The van der Waals surface area contributed by atoms with Crippen LogP contribution in [0.2, 0.25) is 0 Å². The second-order valence-electron chi connectivity index (χ2n) is 6.70. The molecule has 1 unspecified atom stereocenters. The van der Waals surface area contributed by atoms with Crippen molar-refractivity contribution < 1.29 is 4.48 Å². The van der Waals surface area contributed by atoms with Crippen LogP contribution in [0.3, 0.4) is 0 Å². The van der Waals surface area contributed by atoms with Gasteiger partial charge in [-0.15, -0.1) is 0 Å². The lowest BCUT2D eigenvalue weighted by molar-refractivity contribution is -0.895. The van der Waals surface area contributed by atoms with Crippen LogP contribution in [-0.2, 0) is 0 Å². The fraction of sp³-hybridized carbons (Fsp3) is 0.316. The van der Waals surface area contributed by atoms with E-state index in [4.69, 9.17) is 5.41 Å². The molecule has 134 valence electrons. The van der Waals surface area contributed by atoms with Crippen molar-refractivity contribution in [2.45, 2.75) is 29.3 Å². The number of fused-ring (bicyclic) bond motifs is 2. The fourth-order valence-corrected chi connectivity index (χ4v) is 4.68. The average Bonchev–Trinajstić information content (AvgIpc) is 2.55. The molecule has 0 aromatic heterocycles. The molecular formula is C19H25IN4S. The van der Waals surface area contributed by atoms with Crippen LogP contribution in [0.4, 0.5) is 11.4 Å². The van der Waals surface area contributed by atoms with Crippen molar-refractivity contribution in [1.82, 2.24) is 0 Å². The zero-order valence-electron chi connectivity index (χ0n) is 15.1. The largest absolute Gasteiger partial charge is 0.563 e. The predicted octanol–water partition coefficient (Wildman–Crippen LogP) is 4.77. The van der Waals surface area contributed by atoms with Crippen LogP contribution in [-0.4, -0.2) is 38.1 Å². The maximum atomic E-state index is 5.74. The number of nitrogens with one attached hydrogen (secondary N) is 1. The minimum atomic E-state index is 0.416. The molecule has 0 fully saturated rings. The second kappa shape index (κ2) is 8.42. The second-order valence-corrected chi connectivity index (χ2v) is 9.03. The van der Waals surface area contributed by atoms with Crippen molar-refractivity contribution in [3.63, 3.8) is 0 Å². The van der Waals surface area contributed by atoms with Crippen molar-refractivity contribution in [3.05, 3.63) is 46.0 Å². The lowest BCUT2D eigenvalue weighted by Crippen LogP contribution is -2.54. The van der Waals surface area contributed by atoms with Crippen molar-refractivity contribution in [1.29, 1.82) is 5.41 Å². The molecule has 3 rings (SSSR count). The molecule has 0 saturated heterocycles. The summed E-state index contributed by atoms with van der Waals surface area (Å²) in [6.45, 7) is 2.28. The first-order chi connectivity index (χ1) is 11.8. The third-order valence-electron chi connectivity index (χ3n) is 4.08. The van der Waals surface area contributed by atoms with E-state index in [9.17, 15) is 0 Å². The molecule has 0 amide bonds. The first kappa shape index (κ1) is 20.1. The van der Waals surface area contributed by atoms with Crippen LogP contribution in [0.5, 0.6) is 0 Å². The van der Waals surface area contributed by atoms with Gasteiger partial charge in [-0.3, -0.25) is 4.90 Å². The summed E-state index contributed by atoms with van der Waals surface area (Å²) >= 11 is 4.29. The van der Waals surface area contributed by atoms with E-state index in [1.165, 1.54) is 31.1 Å². The van der Waals surface area contributed by atoms with Crippen LogP contribution in [0.1, 0.15) is 13.3 Å². The van der Waals surface area contributed by atoms with Crippen LogP contribution in [0.25, 0.3) is 0 Å². The topological polar surface area (TPSA) is 53.1 Å². The summed E-state index contributed by atoms with van der Waals surface area (Å²) in [5.74, 6) is 0. The number of hydrogen-bond donors (Lipinski definition) is 2. The number of quaternary nitrogens is 1. The fourth-order valence-electron chi connectivity index (χ4n) is 3.15. The van der Waals surface area contributed by atoms with Gasteiger partial charge in [-0.1, -0.05) is 30.8 Å². The van der Waals surface area contributed by atoms with Gasteiger partial charge in [-0.2, -0.15) is 0 Å². The molecule has 0 bridgehead atoms. The van der Waals surface area contributed by atoms with E-state index >= 15 is 0 Å². The van der Waals surface area contributed by atoms with Gasteiger partial charge in [0.25, 0.3) is 0 Å². The number of anilines is 2. The summed E-state index contributed by atoms with van der Waals surface area (Å²) in [6.07, 6.45) is 3.02. The zero-order valence-corrected chi connectivity index (χ0v) is 18.1. The molecule has 0 radical (unpaired) electrons. The molecule has 0 aliphatic carbocycles. The third kappa shape index (κ3) is 4.48. The van der Waals surface area contributed by atoms with Gasteiger partial charge in [0.05, 0.1) is 32.5 Å². The quantitative estimate of drug-likeness (QED) is 0.171. The summed E-state index contributed by atoms with van der Waals surface area (Å²) in [5.41, 5.74) is 6.94. The monoisotopic (exact) mass is 468 g/mol. The summed E-state index contributed by atoms with van der Waals surface area (Å²) in [5, 5.41) is 5.74. The zero-order chi connectivity index (χ0) is 18.6. The molecule has 2 aromatic carbocycles. The number of halogens is 1. The maximum Gasteiger partial charge on any atom is 0.168 e. The van der Waals surface area contributed by atoms with Crippen LogP contribution < -0.4 is 10.6 Å². The van der Waals surface area contributed by atoms with E-state index in [-0.39, 0.29) is 0 Å². The lowest BCUT2D eigenvalue weighted by Gasteiger charge is -2.44. The predicted molar refractivity (Wildman–Crippen MR) is 116 cm³/mol. The number of benzene rings is 2. The first-order valence-corrected chi connectivity index (χ1v) is 10.0. The van der Waals surface area contributed by atoms with Crippen LogP contribution >= 0.6 is 34.4 Å². The maximum absolute atomic E-state index is 5.74. The Balaban J connectivity index is 0.000000701.